The molecule has 0 aromatic heterocycles. The highest BCUT2D eigenvalue weighted by Crippen LogP contribution is 2.55. The van der Waals surface area contributed by atoms with Crippen LogP contribution in [0, 0.1) is 13.8 Å². The minimum absolute atomic E-state index is 0.205. The van der Waals surface area contributed by atoms with E-state index in [1.54, 1.807) is 0 Å². The number of hydrogen-bond donors (Lipinski definition) is 0. The highest BCUT2D eigenvalue weighted by atomic mass is 14.4. The van der Waals surface area contributed by atoms with E-state index in [0.29, 0.717) is 0 Å². The minimum atomic E-state index is -0.205. The Morgan fingerprint density at radius 3 is 0.824 bits per heavy atom. The van der Waals surface area contributed by atoms with Gasteiger partial charge in [-0.1, -0.05) is 222 Å². The quantitative estimate of drug-likeness (QED) is 0.150. The van der Waals surface area contributed by atoms with Crippen LogP contribution in [0.5, 0.6) is 0 Å². The average Bonchev–Trinajstić information content (AvgIpc) is 3.73. The van der Waals surface area contributed by atoms with Gasteiger partial charge in [-0.25, -0.2) is 0 Å². The summed E-state index contributed by atoms with van der Waals surface area (Å²) in [4.78, 5) is 0. The van der Waals surface area contributed by atoms with E-state index in [1.807, 2.05) is 0 Å². The Bertz CT molecular complexity index is 3230. The van der Waals surface area contributed by atoms with Crippen molar-refractivity contribution in [2.75, 3.05) is 0 Å². The van der Waals surface area contributed by atoms with E-state index in [1.165, 1.54) is 134 Å². The summed E-state index contributed by atoms with van der Waals surface area (Å²) in [5, 5.41) is 0. The van der Waals surface area contributed by atoms with Crippen molar-refractivity contribution >= 4 is 0 Å². The van der Waals surface area contributed by atoms with Crippen LogP contribution in [0.2, 0.25) is 0 Å². The Labute approximate surface area is 402 Å². The summed E-state index contributed by atoms with van der Waals surface area (Å²) in [5.74, 6) is 0. The summed E-state index contributed by atoms with van der Waals surface area (Å²) in [6, 6.07) is 81.5. The SMILES string of the molecule is Cc1cc2c(cc1-c1cc3c(cc1C)-c1ccc(-c4c(-c5ccccc5)cccc4-c4ccccc4)cc1C3(C)C)C(C)(C)c1cc(-c3c(-c4ccccc4)cccc3-c3ccccc3)ccc1-2. The zero-order valence-electron chi connectivity index (χ0n) is 39.8. The van der Waals surface area contributed by atoms with Crippen LogP contribution in [-0.2, 0) is 10.8 Å². The maximum atomic E-state index is 2.53. The van der Waals surface area contributed by atoms with Gasteiger partial charge in [-0.3, -0.25) is 0 Å². The molecule has 0 N–H and O–H groups in total. The molecule has 2 aliphatic carbocycles. The maximum absolute atomic E-state index is 2.53. The molecule has 0 heteroatoms. The topological polar surface area (TPSA) is 0 Å². The summed E-state index contributed by atoms with van der Waals surface area (Å²) in [6.07, 6.45) is 0. The van der Waals surface area contributed by atoms with Crippen LogP contribution in [0.1, 0.15) is 61.1 Å². The average molecular weight is 871 g/mol. The van der Waals surface area contributed by atoms with Crippen molar-refractivity contribution in [3.63, 3.8) is 0 Å². The van der Waals surface area contributed by atoms with Crippen LogP contribution in [0.15, 0.2) is 218 Å². The van der Waals surface area contributed by atoms with Gasteiger partial charge in [0.15, 0.2) is 0 Å². The fourth-order valence-corrected chi connectivity index (χ4v) is 11.8. The molecule has 68 heavy (non-hydrogen) atoms. The molecule has 0 unspecified atom stereocenters. The molecule has 0 amide bonds. The van der Waals surface area contributed by atoms with E-state index in [2.05, 4.69) is 260 Å². The van der Waals surface area contributed by atoms with Crippen LogP contribution in [-0.4, -0.2) is 0 Å². The van der Waals surface area contributed by atoms with Gasteiger partial charge in [0.2, 0.25) is 0 Å². The van der Waals surface area contributed by atoms with Gasteiger partial charge in [-0.05, 0) is 172 Å². The smallest absolute Gasteiger partial charge is 0.0159 e. The van der Waals surface area contributed by atoms with Gasteiger partial charge in [0.05, 0.1) is 0 Å². The maximum Gasteiger partial charge on any atom is 0.0159 e. The molecule has 0 bridgehead atoms. The van der Waals surface area contributed by atoms with E-state index in [-0.39, 0.29) is 10.8 Å². The Morgan fingerprint density at radius 1 is 0.221 bits per heavy atom. The first-order valence-electron chi connectivity index (χ1n) is 24.2. The van der Waals surface area contributed by atoms with Crippen molar-refractivity contribution < 1.29 is 0 Å². The Balaban J connectivity index is 0.946. The van der Waals surface area contributed by atoms with Crippen molar-refractivity contribution in [1.82, 2.24) is 0 Å². The third kappa shape index (κ3) is 6.57. The van der Waals surface area contributed by atoms with Crippen LogP contribution in [0.3, 0.4) is 0 Å². The molecule has 10 aromatic carbocycles. The predicted molar refractivity (Wildman–Crippen MR) is 289 cm³/mol. The first-order chi connectivity index (χ1) is 33.1. The fraction of sp³-hybridized carbons (Fsp3) is 0.118. The van der Waals surface area contributed by atoms with Crippen molar-refractivity contribution in [3.8, 4) is 100 Å². The van der Waals surface area contributed by atoms with E-state index in [0.717, 1.165) is 0 Å². The number of hydrogen-bond acceptors (Lipinski definition) is 0. The third-order valence-corrected chi connectivity index (χ3v) is 15.4. The lowest BCUT2D eigenvalue weighted by Crippen LogP contribution is -2.16. The standard InChI is InChI=1S/C68H54/c1-43-37-59-55-35-33-49(65-51(45-21-11-7-12-22-45)29-19-30-52(65)46-23-13-8-14-24-46)39-61(55)67(3,4)63(59)41-57(43)58-42-64-60(38-44(58)2)56-36-34-50(40-62(56)68(64,5)6)66-53(47-25-15-9-16-26-47)31-20-32-54(66)48-27-17-10-18-28-48/h7-42H,1-6H3. The van der Waals surface area contributed by atoms with Gasteiger partial charge < -0.3 is 0 Å². The van der Waals surface area contributed by atoms with Crippen LogP contribution in [0.4, 0.5) is 0 Å². The summed E-state index contributed by atoms with van der Waals surface area (Å²) < 4.78 is 0. The van der Waals surface area contributed by atoms with Gasteiger partial charge in [-0.2, -0.15) is 0 Å². The van der Waals surface area contributed by atoms with Gasteiger partial charge in [-0.15, -0.1) is 0 Å². The Morgan fingerprint density at radius 2 is 0.515 bits per heavy atom. The number of aryl methyl sites for hydroxylation is 2. The number of fused-ring (bicyclic) bond motifs is 6. The lowest BCUT2D eigenvalue weighted by Gasteiger charge is -2.25. The molecule has 2 aliphatic rings. The zero-order valence-corrected chi connectivity index (χ0v) is 39.8. The molecule has 0 saturated carbocycles. The molecule has 0 saturated heterocycles. The van der Waals surface area contributed by atoms with Crippen LogP contribution >= 0.6 is 0 Å². The van der Waals surface area contributed by atoms with Gasteiger partial charge in [0.1, 0.15) is 0 Å². The molecule has 0 nitrogen and oxygen atoms in total. The van der Waals surface area contributed by atoms with Gasteiger partial charge in [0, 0.05) is 10.8 Å². The number of rotatable bonds is 7. The van der Waals surface area contributed by atoms with Crippen molar-refractivity contribution in [2.24, 2.45) is 0 Å². The van der Waals surface area contributed by atoms with Crippen LogP contribution < -0.4 is 0 Å². The summed E-state index contributed by atoms with van der Waals surface area (Å²) >= 11 is 0. The molecule has 0 spiro atoms. The normalized spacial score (nSPS) is 13.7. The molecule has 326 valence electrons. The monoisotopic (exact) mass is 870 g/mol. The summed E-state index contributed by atoms with van der Waals surface area (Å²) in [7, 11) is 0. The third-order valence-electron chi connectivity index (χ3n) is 15.4. The number of benzene rings is 10. The first-order valence-corrected chi connectivity index (χ1v) is 24.2. The van der Waals surface area contributed by atoms with Crippen LogP contribution in [0.25, 0.3) is 100 Å². The zero-order chi connectivity index (χ0) is 46.3. The molecule has 12 rings (SSSR count). The summed E-state index contributed by atoms with van der Waals surface area (Å²) in [5.41, 5.74) is 30.7. The first kappa shape index (κ1) is 41.6. The van der Waals surface area contributed by atoms with Crippen molar-refractivity contribution in [2.45, 2.75) is 52.4 Å². The van der Waals surface area contributed by atoms with E-state index in [9.17, 15) is 0 Å². The lowest BCUT2D eigenvalue weighted by molar-refractivity contribution is 0.659. The van der Waals surface area contributed by atoms with Crippen molar-refractivity contribution in [1.29, 1.82) is 0 Å². The molecule has 10 aromatic rings. The highest BCUT2D eigenvalue weighted by molar-refractivity contribution is 5.99. The molecular formula is C68H54. The molecule has 0 aliphatic heterocycles. The largest absolute Gasteiger partial charge is 0.0622 e. The molecule has 0 heterocycles. The highest BCUT2D eigenvalue weighted by Gasteiger charge is 2.39. The van der Waals surface area contributed by atoms with Gasteiger partial charge >= 0.3 is 0 Å². The second-order valence-corrected chi connectivity index (χ2v) is 20.1. The second-order valence-electron chi connectivity index (χ2n) is 20.1. The predicted octanol–water partition coefficient (Wildman–Crippen LogP) is 18.6. The summed E-state index contributed by atoms with van der Waals surface area (Å²) in [6.45, 7) is 14.3. The molecular weight excluding hydrogens is 817 g/mol. The van der Waals surface area contributed by atoms with Crippen molar-refractivity contribution in [3.05, 3.63) is 252 Å². The fourth-order valence-electron chi connectivity index (χ4n) is 11.8. The molecule has 0 fully saturated rings. The van der Waals surface area contributed by atoms with E-state index < -0.39 is 0 Å². The minimum Gasteiger partial charge on any atom is -0.0622 e. The van der Waals surface area contributed by atoms with E-state index in [4.69, 9.17) is 0 Å². The van der Waals surface area contributed by atoms with Gasteiger partial charge in [0.25, 0.3) is 0 Å². The second kappa shape index (κ2) is 15.9. The Hall–Kier alpha value is -7.80. The lowest BCUT2D eigenvalue weighted by atomic mass is 9.78. The Kier molecular flexibility index (Phi) is 9.75. The molecule has 0 radical (unpaired) electrons. The molecule has 0 atom stereocenters. The van der Waals surface area contributed by atoms with E-state index >= 15 is 0 Å².